The monoisotopic (exact) mass is 424 g/mol. The molecule has 9 heteroatoms. The molecular formula is C21H24N6O2S. The Bertz CT molecular complexity index is 1010. The van der Waals surface area contributed by atoms with Gasteiger partial charge in [-0.05, 0) is 47.9 Å². The van der Waals surface area contributed by atoms with E-state index in [2.05, 4.69) is 26.2 Å². The molecule has 0 spiro atoms. The molecule has 0 atom stereocenters. The number of anilines is 1. The van der Waals surface area contributed by atoms with E-state index in [4.69, 9.17) is 0 Å². The molecule has 0 aliphatic rings. The fourth-order valence-corrected chi connectivity index (χ4v) is 3.78. The lowest BCUT2D eigenvalue weighted by Crippen LogP contribution is -2.34. The van der Waals surface area contributed by atoms with Crippen LogP contribution < -0.4 is 10.6 Å². The summed E-state index contributed by atoms with van der Waals surface area (Å²) in [5.41, 5.74) is 4.98. The zero-order valence-corrected chi connectivity index (χ0v) is 18.0. The van der Waals surface area contributed by atoms with Gasteiger partial charge in [0.1, 0.15) is 0 Å². The largest absolute Gasteiger partial charge is 0.346 e. The molecule has 0 aliphatic carbocycles. The molecule has 0 bridgehead atoms. The predicted octanol–water partition coefficient (Wildman–Crippen LogP) is 2.49. The van der Waals surface area contributed by atoms with Gasteiger partial charge in [0.25, 0.3) is 0 Å². The van der Waals surface area contributed by atoms with Gasteiger partial charge in [-0.25, -0.2) is 4.68 Å². The summed E-state index contributed by atoms with van der Waals surface area (Å²) >= 11 is 1.23. The van der Waals surface area contributed by atoms with Crippen molar-refractivity contribution >= 4 is 29.3 Å². The number of nitrogens with one attached hydrogen (secondary N) is 2. The maximum absolute atomic E-state index is 12.2. The molecule has 0 fully saturated rings. The Labute approximate surface area is 179 Å². The van der Waals surface area contributed by atoms with Crippen molar-refractivity contribution in [3.05, 3.63) is 64.7 Å². The van der Waals surface area contributed by atoms with Gasteiger partial charge in [0.2, 0.25) is 17.0 Å². The van der Waals surface area contributed by atoms with E-state index in [0.717, 1.165) is 27.9 Å². The first-order chi connectivity index (χ1) is 14.4. The fraction of sp³-hybridized carbons (Fsp3) is 0.286. The number of carbonyl (C=O) groups excluding carboxylic acids is 2. The Morgan fingerprint density at radius 1 is 1.03 bits per heavy atom. The molecule has 0 radical (unpaired) electrons. The average molecular weight is 425 g/mol. The van der Waals surface area contributed by atoms with Gasteiger partial charge in [-0.3, -0.25) is 9.59 Å². The third-order valence-corrected chi connectivity index (χ3v) is 5.35. The van der Waals surface area contributed by atoms with Crippen LogP contribution in [-0.2, 0) is 16.1 Å². The van der Waals surface area contributed by atoms with E-state index in [-0.39, 0.29) is 24.1 Å². The van der Waals surface area contributed by atoms with Crippen LogP contribution in [0.3, 0.4) is 0 Å². The first kappa shape index (κ1) is 21.5. The van der Waals surface area contributed by atoms with E-state index in [1.54, 1.807) is 4.68 Å². The third kappa shape index (κ3) is 5.90. The minimum Gasteiger partial charge on any atom is -0.346 e. The van der Waals surface area contributed by atoms with Gasteiger partial charge >= 0.3 is 0 Å². The molecule has 0 saturated heterocycles. The number of tetrazole rings is 1. The molecule has 0 saturated carbocycles. The van der Waals surface area contributed by atoms with Crippen molar-refractivity contribution in [2.24, 2.45) is 0 Å². The molecule has 1 heterocycles. The predicted molar refractivity (Wildman–Crippen MR) is 116 cm³/mol. The number of amides is 2. The van der Waals surface area contributed by atoms with Gasteiger partial charge in [-0.2, -0.15) is 0 Å². The number of nitrogens with zero attached hydrogens (tertiary/aromatic N) is 4. The summed E-state index contributed by atoms with van der Waals surface area (Å²) in [5, 5.41) is 17.7. The highest BCUT2D eigenvalue weighted by molar-refractivity contribution is 7.99. The molecular weight excluding hydrogens is 400 g/mol. The maximum Gasteiger partial charge on any atom is 0.243 e. The van der Waals surface area contributed by atoms with Crippen LogP contribution in [0, 0.1) is 20.8 Å². The van der Waals surface area contributed by atoms with Crippen LogP contribution in [0.5, 0.6) is 0 Å². The molecule has 2 N–H and O–H groups in total. The van der Waals surface area contributed by atoms with Crippen LogP contribution in [0.4, 0.5) is 5.69 Å². The smallest absolute Gasteiger partial charge is 0.243 e. The second-order valence-corrected chi connectivity index (χ2v) is 7.93. The summed E-state index contributed by atoms with van der Waals surface area (Å²) in [6.07, 6.45) is 0. The lowest BCUT2D eigenvalue weighted by Gasteiger charge is -2.13. The van der Waals surface area contributed by atoms with Crippen LogP contribution in [0.25, 0.3) is 0 Å². The molecule has 0 aliphatic heterocycles. The van der Waals surface area contributed by atoms with Crippen molar-refractivity contribution in [2.75, 3.05) is 17.6 Å². The summed E-state index contributed by atoms with van der Waals surface area (Å²) in [6, 6.07) is 13.8. The molecule has 1 aromatic heterocycles. The highest BCUT2D eigenvalue weighted by Gasteiger charge is 2.13. The number of benzene rings is 2. The van der Waals surface area contributed by atoms with Crippen molar-refractivity contribution in [1.82, 2.24) is 25.5 Å². The van der Waals surface area contributed by atoms with Crippen LogP contribution in [0.15, 0.2) is 47.6 Å². The highest BCUT2D eigenvalue weighted by atomic mass is 32.2. The van der Waals surface area contributed by atoms with Gasteiger partial charge in [-0.15, -0.1) is 5.10 Å². The second-order valence-electron chi connectivity index (χ2n) is 6.99. The molecule has 3 rings (SSSR count). The van der Waals surface area contributed by atoms with Crippen LogP contribution in [0.2, 0.25) is 0 Å². The molecule has 8 nitrogen and oxygen atoms in total. The Morgan fingerprint density at radius 3 is 2.43 bits per heavy atom. The number of thioether (sulfide) groups is 1. The Morgan fingerprint density at radius 2 is 1.73 bits per heavy atom. The first-order valence-corrected chi connectivity index (χ1v) is 10.5. The molecule has 30 heavy (non-hydrogen) atoms. The van der Waals surface area contributed by atoms with Gasteiger partial charge in [0.05, 0.1) is 18.8 Å². The second kappa shape index (κ2) is 10.0. The maximum atomic E-state index is 12.2. The van der Waals surface area contributed by atoms with Gasteiger partial charge < -0.3 is 10.6 Å². The van der Waals surface area contributed by atoms with Crippen molar-refractivity contribution in [2.45, 2.75) is 32.5 Å². The molecule has 3 aromatic rings. The number of carbonyl (C=O) groups is 2. The quantitative estimate of drug-likeness (QED) is 0.539. The zero-order valence-electron chi connectivity index (χ0n) is 17.2. The van der Waals surface area contributed by atoms with Crippen molar-refractivity contribution < 1.29 is 9.59 Å². The fourth-order valence-electron chi connectivity index (χ4n) is 3.08. The molecule has 0 unspecified atom stereocenters. The first-order valence-electron chi connectivity index (χ1n) is 9.49. The zero-order chi connectivity index (χ0) is 21.5. The third-order valence-electron chi connectivity index (χ3n) is 4.39. The molecule has 2 aromatic carbocycles. The number of rotatable bonds is 8. The lowest BCUT2D eigenvalue weighted by molar-refractivity contribution is -0.122. The van der Waals surface area contributed by atoms with Crippen molar-refractivity contribution in [3.63, 3.8) is 0 Å². The number of hydrogen-bond donors (Lipinski definition) is 2. The summed E-state index contributed by atoms with van der Waals surface area (Å²) in [5.74, 6) is -0.413. The van der Waals surface area contributed by atoms with Crippen molar-refractivity contribution in [3.8, 4) is 0 Å². The minimum atomic E-state index is -0.266. The summed E-state index contributed by atoms with van der Waals surface area (Å²) in [4.78, 5) is 24.4. The van der Waals surface area contributed by atoms with Gasteiger partial charge in [0, 0.05) is 5.69 Å². The van der Waals surface area contributed by atoms with E-state index in [0.29, 0.717) is 11.7 Å². The van der Waals surface area contributed by atoms with E-state index in [1.165, 1.54) is 11.8 Å². The normalized spacial score (nSPS) is 10.6. The Kier molecular flexibility index (Phi) is 7.18. The molecule has 156 valence electrons. The Balaban J connectivity index is 1.47. The topological polar surface area (TPSA) is 102 Å². The Hall–Kier alpha value is -3.20. The number of aryl methyl sites for hydroxylation is 3. The lowest BCUT2D eigenvalue weighted by atomic mass is 10.1. The van der Waals surface area contributed by atoms with E-state index >= 15 is 0 Å². The van der Waals surface area contributed by atoms with Crippen LogP contribution in [-0.4, -0.2) is 44.3 Å². The van der Waals surface area contributed by atoms with Crippen LogP contribution in [0.1, 0.15) is 22.3 Å². The van der Waals surface area contributed by atoms with Crippen molar-refractivity contribution in [1.29, 1.82) is 0 Å². The van der Waals surface area contributed by atoms with Gasteiger partial charge in [0.15, 0.2) is 0 Å². The summed E-state index contributed by atoms with van der Waals surface area (Å²) in [6.45, 7) is 6.34. The van der Waals surface area contributed by atoms with E-state index < -0.39 is 0 Å². The van der Waals surface area contributed by atoms with Gasteiger partial charge in [-0.1, -0.05) is 59.8 Å². The minimum absolute atomic E-state index is 0.0961. The van der Waals surface area contributed by atoms with E-state index in [1.807, 2.05) is 63.2 Å². The number of aromatic nitrogens is 4. The summed E-state index contributed by atoms with van der Waals surface area (Å²) in [7, 11) is 0. The molecule has 2 amide bonds. The SMILES string of the molecule is Cc1cc(C)c(NC(=O)CNC(=O)CSc2nnnn2Cc2ccccc2)c(C)c1. The highest BCUT2D eigenvalue weighted by Crippen LogP contribution is 2.21. The standard InChI is InChI=1S/C21H24N6O2S/c1-14-9-15(2)20(16(3)10-14)23-18(28)11-22-19(29)13-30-21-24-25-26-27(21)12-17-7-5-4-6-8-17/h4-10H,11-13H2,1-3H3,(H,22,29)(H,23,28). The van der Waals surface area contributed by atoms with Crippen LogP contribution >= 0.6 is 11.8 Å². The average Bonchev–Trinajstić information content (AvgIpc) is 3.15. The van der Waals surface area contributed by atoms with E-state index in [9.17, 15) is 9.59 Å². The number of hydrogen-bond acceptors (Lipinski definition) is 6. The summed E-state index contributed by atoms with van der Waals surface area (Å²) < 4.78 is 1.64.